The largest absolute Gasteiger partial charge is 0.480 e. The van der Waals surface area contributed by atoms with Crippen molar-refractivity contribution in [3.05, 3.63) is 10.4 Å². The number of nitrogens with one attached hydrogen (secondary N) is 1. The van der Waals surface area contributed by atoms with Gasteiger partial charge in [0.1, 0.15) is 5.54 Å². The highest BCUT2D eigenvalue weighted by Gasteiger charge is 2.41. The Bertz CT molecular complexity index is 317. The van der Waals surface area contributed by atoms with E-state index in [0.29, 0.717) is 39.0 Å². The number of carboxylic acids is 1. The molecule has 1 fully saturated rings. The second kappa shape index (κ2) is 6.44. The summed E-state index contributed by atoms with van der Waals surface area (Å²) < 4.78 is 5.36. The number of carbonyl (C=O) groups is 1. The van der Waals surface area contributed by atoms with E-state index in [1.54, 1.807) is 0 Å². The smallest absolute Gasteiger partial charge is 0.324 e. The van der Waals surface area contributed by atoms with Crippen molar-refractivity contribution in [3.63, 3.8) is 0 Å². The van der Waals surface area contributed by atoms with E-state index in [0.717, 1.165) is 0 Å². The summed E-state index contributed by atoms with van der Waals surface area (Å²) in [5.41, 5.74) is 7.22. The van der Waals surface area contributed by atoms with E-state index in [1.165, 1.54) is 0 Å². The number of nitrogens with zero attached hydrogens (tertiary/aromatic N) is 3. The quantitative estimate of drug-likeness (QED) is 0.317. The molecule has 0 bridgehead atoms. The summed E-state index contributed by atoms with van der Waals surface area (Å²) in [5.74, 6) is -0.837. The van der Waals surface area contributed by atoms with Gasteiger partial charge in [-0.2, -0.15) is 0 Å². The lowest BCUT2D eigenvalue weighted by Crippen LogP contribution is -2.57. The molecular formula is C10H18N4O3. The fourth-order valence-corrected chi connectivity index (χ4v) is 2.04. The van der Waals surface area contributed by atoms with Crippen LogP contribution in [0.5, 0.6) is 0 Å². The van der Waals surface area contributed by atoms with Crippen LogP contribution in [0.3, 0.4) is 0 Å². The first-order valence-electron chi connectivity index (χ1n) is 5.71. The molecule has 2 atom stereocenters. The maximum absolute atomic E-state index is 11.3. The third kappa shape index (κ3) is 3.89. The fraction of sp³-hybridized carbons (Fsp3) is 0.900. The monoisotopic (exact) mass is 242 g/mol. The SMILES string of the molecule is CC1CC(NCCCN=[N+]=[N-])(C(=O)O)CCO1. The maximum atomic E-state index is 11.3. The highest BCUT2D eigenvalue weighted by atomic mass is 16.5. The number of azide groups is 1. The molecule has 7 heteroatoms. The fourth-order valence-electron chi connectivity index (χ4n) is 2.04. The predicted octanol–water partition coefficient (Wildman–Crippen LogP) is 1.30. The van der Waals surface area contributed by atoms with Crippen LogP contribution in [0.2, 0.25) is 0 Å². The van der Waals surface area contributed by atoms with Gasteiger partial charge in [-0.25, -0.2) is 0 Å². The molecule has 0 aliphatic carbocycles. The summed E-state index contributed by atoms with van der Waals surface area (Å²) in [6, 6.07) is 0. The number of hydrogen-bond donors (Lipinski definition) is 2. The van der Waals surface area contributed by atoms with Gasteiger partial charge in [0.15, 0.2) is 0 Å². The van der Waals surface area contributed by atoms with Crippen molar-refractivity contribution in [1.29, 1.82) is 0 Å². The number of carboxylic acid groups (broad SMARTS) is 1. The van der Waals surface area contributed by atoms with Crippen molar-refractivity contribution in [1.82, 2.24) is 5.32 Å². The van der Waals surface area contributed by atoms with Gasteiger partial charge in [-0.15, -0.1) is 0 Å². The van der Waals surface area contributed by atoms with Gasteiger partial charge in [-0.05, 0) is 31.8 Å². The van der Waals surface area contributed by atoms with Gasteiger partial charge in [0, 0.05) is 24.5 Å². The lowest BCUT2D eigenvalue weighted by molar-refractivity contribution is -0.151. The first-order valence-corrected chi connectivity index (χ1v) is 5.71. The molecule has 0 radical (unpaired) electrons. The van der Waals surface area contributed by atoms with E-state index < -0.39 is 11.5 Å². The molecule has 7 nitrogen and oxygen atoms in total. The third-order valence-corrected chi connectivity index (χ3v) is 2.94. The zero-order valence-electron chi connectivity index (χ0n) is 9.93. The van der Waals surface area contributed by atoms with Crippen molar-refractivity contribution >= 4 is 5.97 Å². The molecular weight excluding hydrogens is 224 g/mol. The van der Waals surface area contributed by atoms with Crippen LogP contribution in [0, 0.1) is 0 Å². The van der Waals surface area contributed by atoms with Crippen LogP contribution in [0.25, 0.3) is 10.4 Å². The van der Waals surface area contributed by atoms with E-state index in [9.17, 15) is 9.90 Å². The Hall–Kier alpha value is -1.30. The molecule has 0 aromatic heterocycles. The maximum Gasteiger partial charge on any atom is 0.324 e. The summed E-state index contributed by atoms with van der Waals surface area (Å²) in [5, 5.41) is 15.8. The lowest BCUT2D eigenvalue weighted by atomic mass is 9.87. The van der Waals surface area contributed by atoms with E-state index in [2.05, 4.69) is 15.3 Å². The molecule has 0 amide bonds. The van der Waals surface area contributed by atoms with Gasteiger partial charge in [-0.3, -0.25) is 4.79 Å². The van der Waals surface area contributed by atoms with Crippen LogP contribution in [-0.4, -0.2) is 42.4 Å². The van der Waals surface area contributed by atoms with Gasteiger partial charge >= 0.3 is 5.97 Å². The zero-order valence-corrected chi connectivity index (χ0v) is 9.93. The normalized spacial score (nSPS) is 28.4. The Morgan fingerprint density at radius 3 is 3.12 bits per heavy atom. The van der Waals surface area contributed by atoms with Gasteiger partial charge in [0.05, 0.1) is 6.10 Å². The van der Waals surface area contributed by atoms with Crippen LogP contribution in [0.15, 0.2) is 5.11 Å². The standard InChI is InChI=1S/C10H18N4O3/c1-8-7-10(9(15)16,3-6-17-8)12-4-2-5-13-14-11/h8,12H,2-7H2,1H3,(H,15,16). The Morgan fingerprint density at radius 2 is 2.53 bits per heavy atom. The second-order valence-corrected chi connectivity index (χ2v) is 4.26. The van der Waals surface area contributed by atoms with Crippen LogP contribution in [0.4, 0.5) is 0 Å². The summed E-state index contributed by atoms with van der Waals surface area (Å²) in [6.07, 6.45) is 1.51. The minimum absolute atomic E-state index is 0.0514. The van der Waals surface area contributed by atoms with Gasteiger partial charge in [0.25, 0.3) is 0 Å². The Balaban J connectivity index is 2.47. The Morgan fingerprint density at radius 1 is 1.76 bits per heavy atom. The number of aliphatic carboxylic acids is 1. The Labute approximate surface area is 99.8 Å². The topological polar surface area (TPSA) is 107 Å². The van der Waals surface area contributed by atoms with Crippen LogP contribution < -0.4 is 5.32 Å². The highest BCUT2D eigenvalue weighted by Crippen LogP contribution is 2.25. The number of hydrogen-bond acceptors (Lipinski definition) is 4. The molecule has 96 valence electrons. The minimum atomic E-state index is -0.895. The average molecular weight is 242 g/mol. The molecule has 1 aliphatic rings. The molecule has 17 heavy (non-hydrogen) atoms. The van der Waals surface area contributed by atoms with Crippen molar-refractivity contribution in [3.8, 4) is 0 Å². The molecule has 2 unspecified atom stereocenters. The van der Waals surface area contributed by atoms with E-state index >= 15 is 0 Å². The second-order valence-electron chi connectivity index (χ2n) is 4.26. The van der Waals surface area contributed by atoms with E-state index in [4.69, 9.17) is 10.3 Å². The first kappa shape index (κ1) is 13.8. The van der Waals surface area contributed by atoms with Gasteiger partial charge in [-0.1, -0.05) is 5.11 Å². The van der Waals surface area contributed by atoms with Crippen molar-refractivity contribution in [2.75, 3.05) is 19.7 Å². The number of rotatable bonds is 6. The molecule has 2 N–H and O–H groups in total. The lowest BCUT2D eigenvalue weighted by Gasteiger charge is -2.37. The number of ether oxygens (including phenoxy) is 1. The molecule has 1 aliphatic heterocycles. The molecule has 1 heterocycles. The minimum Gasteiger partial charge on any atom is -0.480 e. The molecule has 1 saturated heterocycles. The van der Waals surface area contributed by atoms with Gasteiger partial charge in [0.2, 0.25) is 0 Å². The van der Waals surface area contributed by atoms with Crippen LogP contribution in [0.1, 0.15) is 26.2 Å². The van der Waals surface area contributed by atoms with E-state index in [1.807, 2.05) is 6.92 Å². The summed E-state index contributed by atoms with van der Waals surface area (Å²) in [6.45, 7) is 3.23. The van der Waals surface area contributed by atoms with Crippen molar-refractivity contribution in [2.45, 2.75) is 37.8 Å². The molecule has 0 saturated carbocycles. The molecule has 1 rings (SSSR count). The van der Waals surface area contributed by atoms with Crippen molar-refractivity contribution in [2.24, 2.45) is 5.11 Å². The van der Waals surface area contributed by atoms with Gasteiger partial charge < -0.3 is 15.2 Å². The highest BCUT2D eigenvalue weighted by molar-refractivity contribution is 5.79. The molecule has 0 spiro atoms. The summed E-state index contributed by atoms with van der Waals surface area (Å²) in [7, 11) is 0. The first-order chi connectivity index (χ1) is 8.10. The van der Waals surface area contributed by atoms with Crippen LogP contribution in [-0.2, 0) is 9.53 Å². The Kier molecular flexibility index (Phi) is 5.21. The summed E-state index contributed by atoms with van der Waals surface area (Å²) in [4.78, 5) is 14.0. The van der Waals surface area contributed by atoms with Crippen molar-refractivity contribution < 1.29 is 14.6 Å². The third-order valence-electron chi connectivity index (χ3n) is 2.94. The summed E-state index contributed by atoms with van der Waals surface area (Å²) >= 11 is 0. The van der Waals surface area contributed by atoms with E-state index in [-0.39, 0.29) is 6.10 Å². The average Bonchev–Trinajstić information content (AvgIpc) is 2.28. The molecule has 0 aromatic rings. The van der Waals surface area contributed by atoms with Crippen LogP contribution >= 0.6 is 0 Å². The zero-order chi connectivity index (χ0) is 12.7. The predicted molar refractivity (Wildman–Crippen MR) is 61.6 cm³/mol. The molecule has 0 aromatic carbocycles.